The topological polar surface area (TPSA) is 17.1 Å². The summed E-state index contributed by atoms with van der Waals surface area (Å²) in [5.41, 5.74) is 3.06. The van der Waals surface area contributed by atoms with Gasteiger partial charge in [-0.25, -0.2) is 0 Å². The van der Waals surface area contributed by atoms with Crippen LogP contribution in [0.1, 0.15) is 68.9 Å². The van der Waals surface area contributed by atoms with Crippen LogP contribution in [0.4, 0.5) is 0 Å². The van der Waals surface area contributed by atoms with Gasteiger partial charge >= 0.3 is 0 Å². The van der Waals surface area contributed by atoms with Crippen LogP contribution in [0.3, 0.4) is 0 Å². The van der Waals surface area contributed by atoms with Gasteiger partial charge in [0, 0.05) is 12.3 Å². The molecule has 3 atom stereocenters. The van der Waals surface area contributed by atoms with E-state index >= 15 is 0 Å². The first-order valence-corrected chi connectivity index (χ1v) is 8.38. The molecule has 0 bridgehead atoms. The van der Waals surface area contributed by atoms with Crippen LogP contribution in [0.2, 0.25) is 0 Å². The van der Waals surface area contributed by atoms with Crippen LogP contribution >= 0.6 is 0 Å². The Balaban J connectivity index is 1.73. The molecular weight excluding hydrogens is 244 g/mol. The number of rotatable bonds is 3. The molecule has 3 rings (SSSR count). The van der Waals surface area contributed by atoms with E-state index in [4.69, 9.17) is 0 Å². The molecule has 1 heteroatoms. The van der Waals surface area contributed by atoms with Crippen molar-refractivity contribution in [2.75, 3.05) is 0 Å². The fourth-order valence-corrected chi connectivity index (χ4v) is 4.24. The molecule has 1 aromatic carbocycles. The monoisotopic (exact) mass is 270 g/mol. The zero-order valence-electron chi connectivity index (χ0n) is 12.6. The van der Waals surface area contributed by atoms with E-state index in [0.717, 1.165) is 31.6 Å². The van der Waals surface area contributed by atoms with Crippen molar-refractivity contribution in [3.05, 3.63) is 35.4 Å². The van der Waals surface area contributed by atoms with E-state index in [-0.39, 0.29) is 0 Å². The van der Waals surface area contributed by atoms with Gasteiger partial charge in [-0.1, -0.05) is 37.6 Å². The highest BCUT2D eigenvalue weighted by Crippen LogP contribution is 2.40. The van der Waals surface area contributed by atoms with Gasteiger partial charge in [0.2, 0.25) is 0 Å². The van der Waals surface area contributed by atoms with Gasteiger partial charge in [0.25, 0.3) is 0 Å². The van der Waals surface area contributed by atoms with Crippen molar-refractivity contribution in [1.29, 1.82) is 0 Å². The Morgan fingerprint density at radius 3 is 2.80 bits per heavy atom. The van der Waals surface area contributed by atoms with Gasteiger partial charge in [-0.15, -0.1) is 0 Å². The third-order valence-electron chi connectivity index (χ3n) is 5.51. The predicted molar refractivity (Wildman–Crippen MR) is 82.9 cm³/mol. The van der Waals surface area contributed by atoms with Crippen molar-refractivity contribution in [2.45, 2.75) is 64.2 Å². The Morgan fingerprint density at radius 2 is 1.95 bits per heavy atom. The number of fused-ring (bicyclic) bond motifs is 1. The molecule has 20 heavy (non-hydrogen) atoms. The Bertz CT molecular complexity index is 476. The molecule has 2 aliphatic carbocycles. The molecule has 2 aliphatic rings. The maximum absolute atomic E-state index is 12.2. The summed E-state index contributed by atoms with van der Waals surface area (Å²) in [4.78, 5) is 12.2. The Kier molecular flexibility index (Phi) is 4.24. The van der Waals surface area contributed by atoms with E-state index in [2.05, 4.69) is 31.2 Å². The number of carbonyl (C=O) groups is 1. The quantitative estimate of drug-likeness (QED) is 0.764. The van der Waals surface area contributed by atoms with Crippen LogP contribution in [0, 0.1) is 11.8 Å². The lowest BCUT2D eigenvalue weighted by molar-refractivity contribution is -0.126. The summed E-state index contributed by atoms with van der Waals surface area (Å²) in [5, 5.41) is 0. The summed E-state index contributed by atoms with van der Waals surface area (Å²) in [7, 11) is 0. The van der Waals surface area contributed by atoms with Crippen LogP contribution < -0.4 is 0 Å². The maximum atomic E-state index is 12.2. The molecule has 0 N–H and O–H groups in total. The molecule has 108 valence electrons. The van der Waals surface area contributed by atoms with E-state index in [1.807, 2.05) is 0 Å². The number of hydrogen-bond acceptors (Lipinski definition) is 1. The third kappa shape index (κ3) is 2.82. The van der Waals surface area contributed by atoms with Crippen molar-refractivity contribution < 1.29 is 4.79 Å². The average Bonchev–Trinajstić information content (AvgIpc) is 2.50. The van der Waals surface area contributed by atoms with E-state index < -0.39 is 0 Å². The van der Waals surface area contributed by atoms with Crippen LogP contribution in [0.15, 0.2) is 24.3 Å². The number of carbonyl (C=O) groups excluding carboxylic acids is 1. The molecule has 0 spiro atoms. The summed E-state index contributed by atoms with van der Waals surface area (Å²) in [6.45, 7) is 2.27. The molecular formula is C19H26O. The Morgan fingerprint density at radius 1 is 1.10 bits per heavy atom. The minimum atomic E-state index is 0.338. The molecule has 1 aromatic rings. The molecule has 0 saturated heterocycles. The van der Waals surface area contributed by atoms with Crippen LogP contribution in [-0.2, 0) is 11.2 Å². The highest BCUT2D eigenvalue weighted by atomic mass is 16.1. The van der Waals surface area contributed by atoms with Gasteiger partial charge in [0.05, 0.1) is 0 Å². The number of Topliss-reactive ketones (excluding diaryl/α,β-unsaturated/α-hetero) is 1. The molecule has 0 heterocycles. The van der Waals surface area contributed by atoms with Gasteiger partial charge in [-0.3, -0.25) is 4.79 Å². The van der Waals surface area contributed by atoms with Crippen LogP contribution in [0.25, 0.3) is 0 Å². The van der Waals surface area contributed by atoms with Crippen LogP contribution in [-0.4, -0.2) is 5.78 Å². The molecule has 0 aromatic heterocycles. The second-order valence-electron chi connectivity index (χ2n) is 6.74. The van der Waals surface area contributed by atoms with Crippen molar-refractivity contribution in [3.8, 4) is 0 Å². The molecule has 3 unspecified atom stereocenters. The van der Waals surface area contributed by atoms with E-state index in [1.54, 1.807) is 0 Å². The second kappa shape index (κ2) is 6.11. The number of benzene rings is 1. The fourth-order valence-electron chi connectivity index (χ4n) is 4.24. The molecule has 0 amide bonds. The van der Waals surface area contributed by atoms with Gasteiger partial charge in [0.1, 0.15) is 5.78 Å². The highest BCUT2D eigenvalue weighted by molar-refractivity contribution is 5.81. The third-order valence-corrected chi connectivity index (χ3v) is 5.51. The number of hydrogen-bond donors (Lipinski definition) is 0. The Hall–Kier alpha value is -1.11. The largest absolute Gasteiger partial charge is 0.299 e. The van der Waals surface area contributed by atoms with Gasteiger partial charge in [-0.05, 0) is 61.5 Å². The summed E-state index contributed by atoms with van der Waals surface area (Å²) in [5.74, 6) is 2.30. The van der Waals surface area contributed by atoms with E-state index in [9.17, 15) is 4.79 Å². The van der Waals surface area contributed by atoms with Crippen molar-refractivity contribution >= 4 is 5.78 Å². The highest BCUT2D eigenvalue weighted by Gasteiger charge is 2.31. The van der Waals surface area contributed by atoms with Gasteiger partial charge < -0.3 is 0 Å². The molecule has 0 radical (unpaired) electrons. The fraction of sp³-hybridized carbons (Fsp3) is 0.632. The SMILES string of the molecule is CCC1CCC(=O)C(CC2CCCc3ccccc32)C1. The van der Waals surface area contributed by atoms with Crippen molar-refractivity contribution in [3.63, 3.8) is 0 Å². The number of aryl methyl sites for hydroxylation is 1. The lowest BCUT2D eigenvalue weighted by Crippen LogP contribution is -2.27. The van der Waals surface area contributed by atoms with E-state index in [1.165, 1.54) is 36.8 Å². The lowest BCUT2D eigenvalue weighted by atomic mass is 9.71. The first-order chi connectivity index (χ1) is 9.78. The normalized spacial score (nSPS) is 30.1. The first-order valence-electron chi connectivity index (χ1n) is 8.38. The summed E-state index contributed by atoms with van der Waals surface area (Å²) >= 11 is 0. The first kappa shape index (κ1) is 13.9. The van der Waals surface area contributed by atoms with Crippen LogP contribution in [0.5, 0.6) is 0 Å². The molecule has 0 aliphatic heterocycles. The summed E-state index contributed by atoms with van der Waals surface area (Å²) < 4.78 is 0. The standard InChI is InChI=1S/C19H26O/c1-2-14-10-11-19(20)17(12-14)13-16-8-5-7-15-6-3-4-9-18(15)16/h3-4,6,9,14,16-17H,2,5,7-8,10-13H2,1H3. The Labute approximate surface area is 122 Å². The van der Waals surface area contributed by atoms with Gasteiger partial charge in [0.15, 0.2) is 0 Å². The lowest BCUT2D eigenvalue weighted by Gasteiger charge is -2.32. The molecule has 1 fully saturated rings. The predicted octanol–water partition coefficient (Wildman–Crippen LogP) is 4.89. The minimum absolute atomic E-state index is 0.338. The zero-order chi connectivity index (χ0) is 13.9. The van der Waals surface area contributed by atoms with E-state index in [0.29, 0.717) is 17.6 Å². The summed E-state index contributed by atoms with van der Waals surface area (Å²) in [6.07, 6.45) is 9.25. The minimum Gasteiger partial charge on any atom is -0.299 e. The zero-order valence-corrected chi connectivity index (χ0v) is 12.6. The molecule has 1 saturated carbocycles. The smallest absolute Gasteiger partial charge is 0.136 e. The van der Waals surface area contributed by atoms with Gasteiger partial charge in [-0.2, -0.15) is 0 Å². The van der Waals surface area contributed by atoms with Crippen molar-refractivity contribution in [2.24, 2.45) is 11.8 Å². The summed E-state index contributed by atoms with van der Waals surface area (Å²) in [6, 6.07) is 8.89. The molecule has 1 nitrogen and oxygen atoms in total. The van der Waals surface area contributed by atoms with Crippen molar-refractivity contribution in [1.82, 2.24) is 0 Å². The maximum Gasteiger partial charge on any atom is 0.136 e. The second-order valence-corrected chi connectivity index (χ2v) is 6.74. The number of ketones is 1. The average molecular weight is 270 g/mol.